The molecule has 0 N–H and O–H groups in total. The second kappa shape index (κ2) is 22.7. The fraction of sp³-hybridized carbons (Fsp3) is 0.429. The maximum Gasteiger partial charge on any atom is -0.0307 e. The molecule has 0 amide bonds. The minimum atomic E-state index is 1.04. The van der Waals surface area contributed by atoms with Crippen molar-refractivity contribution in [1.82, 2.24) is 0 Å². The van der Waals surface area contributed by atoms with E-state index in [-0.39, 0.29) is 0 Å². The van der Waals surface area contributed by atoms with Gasteiger partial charge in [-0.2, -0.15) is 0 Å². The molecule has 0 radical (unpaired) electrons. The first kappa shape index (κ1) is 18.7. The molecule has 0 spiro atoms. The summed E-state index contributed by atoms with van der Waals surface area (Å²) in [6.45, 7) is 17.3. The van der Waals surface area contributed by atoms with Crippen LogP contribution in [0.1, 0.15) is 41.0 Å². The van der Waals surface area contributed by atoms with Crippen LogP contribution in [0.2, 0.25) is 0 Å². The lowest BCUT2D eigenvalue weighted by atomic mass is 10.2. The first-order valence-electron chi connectivity index (χ1n) is 5.45. The predicted octanol–water partition coefficient (Wildman–Crippen LogP) is 5.30. The van der Waals surface area contributed by atoms with Crippen LogP contribution in [0.15, 0.2) is 49.1 Å². The molecule has 0 heteroatoms. The van der Waals surface area contributed by atoms with E-state index in [9.17, 15) is 0 Å². The topological polar surface area (TPSA) is 0 Å². The lowest BCUT2D eigenvalue weighted by Gasteiger charge is -1.91. The predicted molar refractivity (Wildman–Crippen MR) is 70.6 cm³/mol. The molecule has 0 unspecified atom stereocenters. The van der Waals surface area contributed by atoms with Crippen LogP contribution in [0.3, 0.4) is 0 Å². The fourth-order valence-electron chi connectivity index (χ4n) is 0.634. The third-order valence-corrected chi connectivity index (χ3v) is 1.19. The Morgan fingerprint density at radius 2 is 1.50 bits per heavy atom. The van der Waals surface area contributed by atoms with Gasteiger partial charge in [0.2, 0.25) is 0 Å². The monoisotopic (exact) mass is 194 g/mol. The normalized spacial score (nSPS) is 9.36. The van der Waals surface area contributed by atoms with E-state index in [1.165, 1.54) is 5.57 Å². The quantitative estimate of drug-likeness (QED) is 0.532. The van der Waals surface area contributed by atoms with Crippen LogP contribution in [-0.4, -0.2) is 0 Å². The van der Waals surface area contributed by atoms with Crippen LogP contribution in [0, 0.1) is 0 Å². The molecule has 0 atom stereocenters. The molecule has 0 saturated carbocycles. The molecule has 0 bridgehead atoms. The van der Waals surface area contributed by atoms with E-state index in [0.29, 0.717) is 0 Å². The summed E-state index contributed by atoms with van der Waals surface area (Å²) in [5.41, 5.74) is 1.27. The van der Waals surface area contributed by atoms with Crippen LogP contribution >= 0.6 is 0 Å². The minimum Gasteiger partial charge on any atom is -0.0991 e. The van der Waals surface area contributed by atoms with Gasteiger partial charge < -0.3 is 0 Å². The summed E-state index contributed by atoms with van der Waals surface area (Å²) in [7, 11) is 0. The molecule has 0 aliphatic carbocycles. The Balaban J connectivity index is -0.000000266. The van der Waals surface area contributed by atoms with Gasteiger partial charge >= 0.3 is 0 Å². The molecule has 14 heavy (non-hydrogen) atoms. The Labute approximate surface area is 90.7 Å². The molecule has 0 saturated heterocycles. The zero-order valence-electron chi connectivity index (χ0n) is 10.5. The van der Waals surface area contributed by atoms with Gasteiger partial charge in [0.15, 0.2) is 0 Å². The van der Waals surface area contributed by atoms with Gasteiger partial charge in [-0.25, -0.2) is 0 Å². The second-order valence-corrected chi connectivity index (χ2v) is 1.93. The van der Waals surface area contributed by atoms with Gasteiger partial charge in [0, 0.05) is 0 Å². The van der Waals surface area contributed by atoms with Gasteiger partial charge in [-0.05, 0) is 12.0 Å². The van der Waals surface area contributed by atoms with Crippen molar-refractivity contribution in [2.24, 2.45) is 0 Å². The Bertz CT molecular complexity index is 159. The lowest BCUT2D eigenvalue weighted by Crippen LogP contribution is -1.70. The van der Waals surface area contributed by atoms with Gasteiger partial charge in [-0.15, -0.1) is 0 Å². The first-order chi connectivity index (χ1) is 6.85. The summed E-state index contributed by atoms with van der Waals surface area (Å²) in [6.07, 6.45) is 10.6. The highest BCUT2D eigenvalue weighted by atomic mass is 13.9. The smallest absolute Gasteiger partial charge is 0.0307 e. The largest absolute Gasteiger partial charge is 0.0991 e. The van der Waals surface area contributed by atoms with E-state index < -0.39 is 0 Å². The molecule has 0 aromatic carbocycles. The van der Waals surface area contributed by atoms with E-state index in [4.69, 9.17) is 0 Å². The summed E-state index contributed by atoms with van der Waals surface area (Å²) in [6, 6.07) is 0. The third kappa shape index (κ3) is 17.2. The second-order valence-electron chi connectivity index (χ2n) is 1.93. The molecule has 0 nitrogen and oxygen atoms in total. The molecular weight excluding hydrogens is 168 g/mol. The minimum absolute atomic E-state index is 1.04. The number of hydrogen-bond donors (Lipinski definition) is 0. The van der Waals surface area contributed by atoms with Gasteiger partial charge in [0.05, 0.1) is 0 Å². The standard InChI is InChI=1S/C10H14.2C2H6/c1-4-7-9-10(6-3)8-5-2;2*1-2/h4-5,7-9H,1-2,6H2,3H3;2*1-2H3/b9-7-,10-8-;;. The number of hydrogen-bond acceptors (Lipinski definition) is 0. The molecule has 0 aliphatic rings. The van der Waals surface area contributed by atoms with E-state index >= 15 is 0 Å². The van der Waals surface area contributed by atoms with E-state index in [2.05, 4.69) is 20.1 Å². The molecule has 0 rings (SSSR count). The van der Waals surface area contributed by atoms with E-state index in [0.717, 1.165) is 6.42 Å². The third-order valence-electron chi connectivity index (χ3n) is 1.19. The summed E-state index contributed by atoms with van der Waals surface area (Å²) >= 11 is 0. The Hall–Kier alpha value is -1.04. The highest BCUT2D eigenvalue weighted by molar-refractivity contribution is 5.24. The Morgan fingerprint density at radius 1 is 1.00 bits per heavy atom. The molecule has 82 valence electrons. The highest BCUT2D eigenvalue weighted by Crippen LogP contribution is 2.01. The molecule has 0 aromatic heterocycles. The Morgan fingerprint density at radius 3 is 1.79 bits per heavy atom. The molecule has 0 aliphatic heterocycles. The van der Waals surface area contributed by atoms with Crippen LogP contribution in [0.25, 0.3) is 0 Å². The van der Waals surface area contributed by atoms with Crippen LogP contribution in [0.4, 0.5) is 0 Å². The van der Waals surface area contributed by atoms with Gasteiger partial charge in [-0.3, -0.25) is 0 Å². The van der Waals surface area contributed by atoms with Crippen molar-refractivity contribution in [2.45, 2.75) is 41.0 Å². The van der Waals surface area contributed by atoms with Gasteiger partial charge in [0.1, 0.15) is 0 Å². The van der Waals surface area contributed by atoms with Crippen molar-refractivity contribution >= 4 is 0 Å². The van der Waals surface area contributed by atoms with Gasteiger partial charge in [0.25, 0.3) is 0 Å². The summed E-state index contributed by atoms with van der Waals surface area (Å²) in [5, 5.41) is 0. The van der Waals surface area contributed by atoms with Crippen molar-refractivity contribution in [3.05, 3.63) is 49.1 Å². The van der Waals surface area contributed by atoms with Crippen molar-refractivity contribution < 1.29 is 0 Å². The maximum atomic E-state index is 3.62. The zero-order valence-corrected chi connectivity index (χ0v) is 10.5. The number of allylic oxidation sites excluding steroid dienone is 6. The van der Waals surface area contributed by atoms with E-state index in [1.54, 1.807) is 12.2 Å². The molecule has 0 heterocycles. The summed E-state index contributed by atoms with van der Waals surface area (Å²) in [5.74, 6) is 0. The highest BCUT2D eigenvalue weighted by Gasteiger charge is 1.81. The molecule has 0 aromatic rings. The average Bonchev–Trinajstić information content (AvgIpc) is 2.29. The van der Waals surface area contributed by atoms with E-state index in [1.807, 2.05) is 45.9 Å². The number of rotatable bonds is 4. The summed E-state index contributed by atoms with van der Waals surface area (Å²) in [4.78, 5) is 0. The lowest BCUT2D eigenvalue weighted by molar-refractivity contribution is 1.15. The Kier molecular flexibility index (Phi) is 30.3. The van der Waals surface area contributed by atoms with Crippen LogP contribution in [0.5, 0.6) is 0 Å². The molecule has 0 fully saturated rings. The van der Waals surface area contributed by atoms with Crippen LogP contribution in [-0.2, 0) is 0 Å². The van der Waals surface area contributed by atoms with Crippen molar-refractivity contribution in [3.63, 3.8) is 0 Å². The summed E-state index contributed by atoms with van der Waals surface area (Å²) < 4.78 is 0. The first-order valence-corrected chi connectivity index (χ1v) is 5.45. The SMILES string of the molecule is C=C/C=C\C(=C/C=C)CC.CC.CC. The van der Waals surface area contributed by atoms with Crippen molar-refractivity contribution in [2.75, 3.05) is 0 Å². The molecular formula is C14H26. The van der Waals surface area contributed by atoms with Crippen LogP contribution < -0.4 is 0 Å². The van der Waals surface area contributed by atoms with Gasteiger partial charge in [-0.1, -0.05) is 78.2 Å². The average molecular weight is 194 g/mol. The van der Waals surface area contributed by atoms with Crippen molar-refractivity contribution in [3.8, 4) is 0 Å². The maximum absolute atomic E-state index is 3.62. The fourth-order valence-corrected chi connectivity index (χ4v) is 0.634. The zero-order chi connectivity index (χ0) is 11.8. The van der Waals surface area contributed by atoms with Crippen molar-refractivity contribution in [1.29, 1.82) is 0 Å².